The molecule has 0 aliphatic rings. The van der Waals surface area contributed by atoms with Crippen molar-refractivity contribution in [3.63, 3.8) is 0 Å². The third-order valence-corrected chi connectivity index (χ3v) is 6.52. The molecule has 0 aliphatic carbocycles. The molecule has 0 unspecified atom stereocenters. The second-order valence-electron chi connectivity index (χ2n) is 7.78. The molecule has 0 radical (unpaired) electrons. The maximum atomic E-state index is 6.03. The molecule has 2 nitrogen and oxygen atoms in total. The van der Waals surface area contributed by atoms with Gasteiger partial charge < -0.3 is 9.64 Å². The molecular weight excluding hydrogens is 505 g/mol. The molecule has 0 atom stereocenters. The fourth-order valence-corrected chi connectivity index (χ4v) is 4.35. The summed E-state index contributed by atoms with van der Waals surface area (Å²) in [4.78, 5) is 2.38. The minimum Gasteiger partial charge on any atom is -0.492 e. The summed E-state index contributed by atoms with van der Waals surface area (Å²) in [6, 6.07) is 30.2. The molecule has 168 valence electrons. The number of nitrogens with zero attached hydrogens (tertiary/aromatic N) is 1. The lowest BCUT2D eigenvalue weighted by Gasteiger charge is -2.19. The van der Waals surface area contributed by atoms with Crippen molar-refractivity contribution in [2.45, 2.75) is 26.7 Å². The van der Waals surface area contributed by atoms with Crippen LogP contribution in [-0.2, 0) is 0 Å². The number of rotatable bonds is 12. The number of benzene rings is 3. The number of hydrogen-bond acceptors (Lipinski definition) is 2. The van der Waals surface area contributed by atoms with Gasteiger partial charge in [0.15, 0.2) is 0 Å². The Balaban J connectivity index is 1.95. The largest absolute Gasteiger partial charge is 0.492 e. The summed E-state index contributed by atoms with van der Waals surface area (Å²) in [6.45, 7) is 8.18. The van der Waals surface area contributed by atoms with Crippen LogP contribution in [0.15, 0.2) is 84.9 Å². The van der Waals surface area contributed by atoms with E-state index in [-0.39, 0.29) is 0 Å². The van der Waals surface area contributed by atoms with Gasteiger partial charge in [0.2, 0.25) is 0 Å². The van der Waals surface area contributed by atoms with Crippen molar-refractivity contribution in [3.8, 4) is 5.75 Å². The van der Waals surface area contributed by atoms with Crippen LogP contribution in [0.25, 0.3) is 11.1 Å². The highest BCUT2D eigenvalue weighted by Gasteiger charge is 2.14. The fraction of sp³-hybridized carbons (Fsp3) is 0.310. The maximum Gasteiger partial charge on any atom is 0.119 e. The normalized spacial score (nSPS) is 12.0. The zero-order valence-electron chi connectivity index (χ0n) is 19.3. The van der Waals surface area contributed by atoms with Gasteiger partial charge in [-0.2, -0.15) is 0 Å². The number of alkyl halides is 1. The van der Waals surface area contributed by atoms with Crippen molar-refractivity contribution in [2.24, 2.45) is 0 Å². The van der Waals surface area contributed by atoms with Crippen LogP contribution in [0.4, 0.5) is 0 Å². The van der Waals surface area contributed by atoms with E-state index >= 15 is 0 Å². The molecule has 0 spiro atoms. The van der Waals surface area contributed by atoms with Crippen LogP contribution in [0.3, 0.4) is 0 Å². The second kappa shape index (κ2) is 13.4. The molecule has 3 rings (SSSR count). The second-order valence-corrected chi connectivity index (χ2v) is 8.86. The highest BCUT2D eigenvalue weighted by molar-refractivity contribution is 14.1. The average molecular weight is 540 g/mol. The van der Waals surface area contributed by atoms with Gasteiger partial charge in [-0.1, -0.05) is 109 Å². The Labute approximate surface area is 207 Å². The summed E-state index contributed by atoms with van der Waals surface area (Å²) < 4.78 is 7.18. The Hall–Kier alpha value is -2.11. The summed E-state index contributed by atoms with van der Waals surface area (Å²) in [7, 11) is 0. The maximum absolute atomic E-state index is 6.03. The van der Waals surface area contributed by atoms with Crippen LogP contribution in [0, 0.1) is 0 Å². The summed E-state index contributed by atoms with van der Waals surface area (Å²) in [5, 5.41) is 0. The Morgan fingerprint density at radius 1 is 0.750 bits per heavy atom. The Kier molecular flexibility index (Phi) is 10.3. The van der Waals surface area contributed by atoms with Crippen LogP contribution >= 0.6 is 22.6 Å². The molecule has 0 N–H and O–H groups in total. The minimum atomic E-state index is 0.716. The molecular formula is C29H34INO. The topological polar surface area (TPSA) is 12.5 Å². The number of hydrogen-bond donors (Lipinski definition) is 0. The molecule has 0 heterocycles. The van der Waals surface area contributed by atoms with E-state index in [1.165, 1.54) is 27.8 Å². The molecule has 0 aromatic heterocycles. The summed E-state index contributed by atoms with van der Waals surface area (Å²) in [6.07, 6.45) is 2.22. The summed E-state index contributed by atoms with van der Waals surface area (Å²) >= 11 is 2.48. The molecule has 3 aromatic carbocycles. The van der Waals surface area contributed by atoms with E-state index in [1.807, 2.05) is 0 Å². The summed E-state index contributed by atoms with van der Waals surface area (Å²) in [5.41, 5.74) is 6.52. The molecule has 0 amide bonds. The van der Waals surface area contributed by atoms with E-state index in [4.69, 9.17) is 4.74 Å². The first-order valence-electron chi connectivity index (χ1n) is 11.6. The SMILES string of the molecule is CCN(CC)CCOc1ccc(/C(=C(/CCCI)c2ccccc2)c2ccccc2)cc1. The van der Waals surface area contributed by atoms with Gasteiger partial charge in [-0.15, -0.1) is 0 Å². The van der Waals surface area contributed by atoms with Crippen molar-refractivity contribution >= 4 is 33.7 Å². The van der Waals surface area contributed by atoms with Crippen molar-refractivity contribution in [1.29, 1.82) is 0 Å². The first-order valence-corrected chi connectivity index (χ1v) is 13.1. The lowest BCUT2D eigenvalue weighted by atomic mass is 9.87. The lowest BCUT2D eigenvalue weighted by Crippen LogP contribution is -2.27. The quantitative estimate of drug-likeness (QED) is 0.134. The van der Waals surface area contributed by atoms with Crippen molar-refractivity contribution < 1.29 is 4.74 Å². The molecule has 3 heteroatoms. The van der Waals surface area contributed by atoms with Crippen LogP contribution in [-0.4, -0.2) is 35.6 Å². The Bertz CT molecular complexity index is 947. The van der Waals surface area contributed by atoms with Gasteiger partial charge in [-0.3, -0.25) is 0 Å². The van der Waals surface area contributed by atoms with Gasteiger partial charge in [0.05, 0.1) is 0 Å². The standard InChI is InChI=1S/C29H34INO/c1-3-31(4-2)22-23-32-27-19-17-26(18-20-27)29(25-14-9-6-10-15-25)28(16-11-21-30)24-12-7-5-8-13-24/h5-10,12-15,17-20H,3-4,11,16,21-23H2,1-2H3/b29-28-. The van der Waals surface area contributed by atoms with Gasteiger partial charge in [0.25, 0.3) is 0 Å². The van der Waals surface area contributed by atoms with Crippen LogP contribution < -0.4 is 4.74 Å². The van der Waals surface area contributed by atoms with Gasteiger partial charge >= 0.3 is 0 Å². The van der Waals surface area contributed by atoms with E-state index in [2.05, 4.69) is 126 Å². The van der Waals surface area contributed by atoms with Crippen molar-refractivity contribution in [1.82, 2.24) is 4.90 Å². The van der Waals surface area contributed by atoms with E-state index in [0.717, 1.165) is 42.7 Å². The number of halogens is 1. The molecule has 32 heavy (non-hydrogen) atoms. The van der Waals surface area contributed by atoms with E-state index in [9.17, 15) is 0 Å². The molecule has 0 saturated carbocycles. The van der Waals surface area contributed by atoms with E-state index in [0.29, 0.717) is 6.61 Å². The zero-order chi connectivity index (χ0) is 22.6. The number of likely N-dealkylation sites (N-methyl/N-ethyl adjacent to an activating group) is 1. The third-order valence-electron chi connectivity index (χ3n) is 5.76. The third kappa shape index (κ3) is 6.94. The first kappa shape index (κ1) is 24.5. The number of allylic oxidation sites excluding steroid dienone is 1. The predicted molar refractivity (Wildman–Crippen MR) is 147 cm³/mol. The zero-order valence-corrected chi connectivity index (χ0v) is 21.4. The van der Waals surface area contributed by atoms with Crippen LogP contribution in [0.2, 0.25) is 0 Å². The van der Waals surface area contributed by atoms with E-state index in [1.54, 1.807) is 0 Å². The highest BCUT2D eigenvalue weighted by atomic mass is 127. The van der Waals surface area contributed by atoms with Gasteiger partial charge in [0.1, 0.15) is 12.4 Å². The smallest absolute Gasteiger partial charge is 0.119 e. The van der Waals surface area contributed by atoms with Crippen LogP contribution in [0.5, 0.6) is 5.75 Å². The number of ether oxygens (including phenoxy) is 1. The Morgan fingerprint density at radius 2 is 1.31 bits per heavy atom. The Morgan fingerprint density at radius 3 is 1.88 bits per heavy atom. The molecule has 0 saturated heterocycles. The molecule has 0 fully saturated rings. The minimum absolute atomic E-state index is 0.716. The predicted octanol–water partition coefficient (Wildman–Crippen LogP) is 7.58. The van der Waals surface area contributed by atoms with Gasteiger partial charge in [0, 0.05) is 6.54 Å². The fourth-order valence-electron chi connectivity index (χ4n) is 3.97. The van der Waals surface area contributed by atoms with Crippen molar-refractivity contribution in [2.75, 3.05) is 30.7 Å². The lowest BCUT2D eigenvalue weighted by molar-refractivity contribution is 0.223. The average Bonchev–Trinajstić information content (AvgIpc) is 2.86. The van der Waals surface area contributed by atoms with Gasteiger partial charge in [-0.25, -0.2) is 0 Å². The highest BCUT2D eigenvalue weighted by Crippen LogP contribution is 2.35. The molecule has 3 aromatic rings. The molecule has 0 bridgehead atoms. The summed E-state index contributed by atoms with van der Waals surface area (Å²) in [5.74, 6) is 0.932. The van der Waals surface area contributed by atoms with E-state index < -0.39 is 0 Å². The monoisotopic (exact) mass is 539 g/mol. The first-order chi connectivity index (χ1) is 15.8. The van der Waals surface area contributed by atoms with Crippen molar-refractivity contribution in [3.05, 3.63) is 102 Å². The van der Waals surface area contributed by atoms with Gasteiger partial charge in [-0.05, 0) is 70.3 Å². The van der Waals surface area contributed by atoms with Crippen LogP contribution in [0.1, 0.15) is 43.4 Å². The molecule has 0 aliphatic heterocycles.